The van der Waals surface area contributed by atoms with E-state index in [1.165, 1.54) is 10.8 Å². The monoisotopic (exact) mass is 278 g/mol. The number of nitrogens with two attached hydrogens (primary N) is 3. The zero-order valence-corrected chi connectivity index (χ0v) is 10.8. The van der Waals surface area contributed by atoms with Gasteiger partial charge in [-0.1, -0.05) is 24.3 Å². The summed E-state index contributed by atoms with van der Waals surface area (Å²) in [6, 6.07) is 14.2. The third-order valence-electron chi connectivity index (χ3n) is 2.53. The molecule has 2 aromatic carbocycles. The number of anilines is 1. The first-order valence-corrected chi connectivity index (χ1v) is 7.02. The number of aromatic nitrogens is 1. The lowest BCUT2D eigenvalue weighted by Crippen LogP contribution is -2.21. The van der Waals surface area contributed by atoms with Crippen LogP contribution >= 0.6 is 0 Å². The highest BCUT2D eigenvalue weighted by molar-refractivity contribution is 7.86. The number of para-hydroxylation sites is 1. The van der Waals surface area contributed by atoms with Gasteiger partial charge in [0.15, 0.2) is 0 Å². The molecular weight excluding hydrogens is 264 g/mol. The molecule has 0 bridgehead atoms. The fraction of sp³-hybridized carbons (Fsp3) is 0. The molecule has 0 spiro atoms. The van der Waals surface area contributed by atoms with Crippen molar-refractivity contribution in [2.45, 2.75) is 0 Å². The normalized spacial score (nSPS) is 11.3. The highest BCUT2D eigenvalue weighted by Crippen LogP contribution is 2.26. The Balaban J connectivity index is 0.000000232. The minimum absolute atomic E-state index is 0.795. The summed E-state index contributed by atoms with van der Waals surface area (Å²) in [5.41, 5.74) is 8.78. The topological polar surface area (TPSA) is 128 Å². The number of H-pyrrole nitrogens is 1. The molecule has 0 fully saturated rings. The van der Waals surface area contributed by atoms with E-state index in [2.05, 4.69) is 33.5 Å². The predicted octanol–water partition coefficient (Wildman–Crippen LogP) is 1.05. The molecule has 0 amide bonds. The molecule has 0 aliphatic carbocycles. The highest BCUT2D eigenvalue weighted by atomic mass is 32.2. The number of rotatable bonds is 0. The number of hydrogen-bond acceptors (Lipinski definition) is 3. The van der Waals surface area contributed by atoms with Gasteiger partial charge in [-0.05, 0) is 18.2 Å². The van der Waals surface area contributed by atoms with Crippen LogP contribution in [0.15, 0.2) is 42.5 Å². The Morgan fingerprint density at radius 1 is 0.895 bits per heavy atom. The maximum Gasteiger partial charge on any atom is 0.271 e. The van der Waals surface area contributed by atoms with Crippen LogP contribution in [0.2, 0.25) is 0 Å². The van der Waals surface area contributed by atoms with Gasteiger partial charge < -0.3 is 10.7 Å². The second kappa shape index (κ2) is 4.88. The molecule has 1 aromatic heterocycles. The lowest BCUT2D eigenvalue weighted by atomic mass is 10.1. The first-order valence-electron chi connectivity index (χ1n) is 5.41. The average Bonchev–Trinajstić information content (AvgIpc) is 2.63. The number of hydrogen-bond donors (Lipinski definition) is 4. The molecule has 0 saturated heterocycles. The maximum absolute atomic E-state index is 9.19. The van der Waals surface area contributed by atoms with Crippen LogP contribution in [0.5, 0.6) is 0 Å². The minimum Gasteiger partial charge on any atom is -0.399 e. The Hall–Kier alpha value is -2.09. The molecule has 0 radical (unpaired) electrons. The van der Waals surface area contributed by atoms with E-state index in [-0.39, 0.29) is 0 Å². The first kappa shape index (κ1) is 13.3. The third-order valence-corrected chi connectivity index (χ3v) is 2.53. The summed E-state index contributed by atoms with van der Waals surface area (Å²) in [5, 5.41) is 10.7. The van der Waals surface area contributed by atoms with Crippen molar-refractivity contribution in [2.24, 2.45) is 10.3 Å². The van der Waals surface area contributed by atoms with Crippen LogP contribution in [0.3, 0.4) is 0 Å². The summed E-state index contributed by atoms with van der Waals surface area (Å²) in [7, 11) is -3.67. The van der Waals surface area contributed by atoms with E-state index in [1.807, 2.05) is 24.3 Å². The molecule has 7 N–H and O–H groups in total. The summed E-state index contributed by atoms with van der Waals surface area (Å²) in [6.07, 6.45) is 0. The van der Waals surface area contributed by atoms with Gasteiger partial charge in [0.2, 0.25) is 0 Å². The van der Waals surface area contributed by atoms with E-state index in [4.69, 9.17) is 5.73 Å². The van der Waals surface area contributed by atoms with E-state index >= 15 is 0 Å². The lowest BCUT2D eigenvalue weighted by Gasteiger charge is -1.92. The zero-order valence-electron chi connectivity index (χ0n) is 10.00. The van der Waals surface area contributed by atoms with Gasteiger partial charge >= 0.3 is 0 Å². The molecule has 1 heterocycles. The Kier molecular flexibility index (Phi) is 3.43. The Labute approximate surface area is 110 Å². The van der Waals surface area contributed by atoms with Gasteiger partial charge in [-0.3, -0.25) is 0 Å². The molecule has 0 aliphatic rings. The average molecular weight is 278 g/mol. The van der Waals surface area contributed by atoms with Crippen molar-refractivity contribution in [3.8, 4) is 0 Å². The van der Waals surface area contributed by atoms with Crippen molar-refractivity contribution >= 4 is 37.7 Å². The Morgan fingerprint density at radius 2 is 1.47 bits per heavy atom. The maximum atomic E-state index is 9.19. The lowest BCUT2D eigenvalue weighted by molar-refractivity contribution is 0.599. The molecule has 0 aliphatic heterocycles. The first-order chi connectivity index (χ1) is 8.84. The number of aromatic amines is 1. The van der Waals surface area contributed by atoms with Crippen molar-refractivity contribution in [2.75, 3.05) is 5.73 Å². The van der Waals surface area contributed by atoms with Crippen LogP contribution in [-0.2, 0) is 10.2 Å². The van der Waals surface area contributed by atoms with Gasteiger partial charge in [0.05, 0.1) is 0 Å². The molecule has 6 nitrogen and oxygen atoms in total. The smallest absolute Gasteiger partial charge is 0.271 e. The molecule has 0 atom stereocenters. The quantitative estimate of drug-likeness (QED) is 0.459. The second-order valence-electron chi connectivity index (χ2n) is 4.06. The summed E-state index contributed by atoms with van der Waals surface area (Å²) in [6.45, 7) is 0. The van der Waals surface area contributed by atoms with Crippen LogP contribution in [0, 0.1) is 0 Å². The van der Waals surface area contributed by atoms with Crippen LogP contribution in [0.25, 0.3) is 21.8 Å². The number of benzene rings is 2. The van der Waals surface area contributed by atoms with Gasteiger partial charge in [-0.15, -0.1) is 0 Å². The van der Waals surface area contributed by atoms with Crippen LogP contribution in [0.1, 0.15) is 0 Å². The molecular formula is C12H14N4O2S. The molecule has 19 heavy (non-hydrogen) atoms. The van der Waals surface area contributed by atoms with E-state index in [9.17, 15) is 8.42 Å². The van der Waals surface area contributed by atoms with Crippen molar-refractivity contribution in [1.29, 1.82) is 0 Å². The van der Waals surface area contributed by atoms with Crippen molar-refractivity contribution in [1.82, 2.24) is 4.98 Å². The van der Waals surface area contributed by atoms with Gasteiger partial charge in [-0.2, -0.15) is 8.42 Å². The van der Waals surface area contributed by atoms with Crippen LogP contribution in [-0.4, -0.2) is 13.4 Å². The van der Waals surface area contributed by atoms with E-state index in [0.29, 0.717) is 0 Å². The fourth-order valence-electron chi connectivity index (χ4n) is 1.87. The summed E-state index contributed by atoms with van der Waals surface area (Å²) in [4.78, 5) is 3.34. The predicted molar refractivity (Wildman–Crippen MR) is 77.5 cm³/mol. The third kappa shape index (κ3) is 3.44. The fourth-order valence-corrected chi connectivity index (χ4v) is 1.87. The molecule has 0 unspecified atom stereocenters. The van der Waals surface area contributed by atoms with Gasteiger partial charge in [-0.25, -0.2) is 10.3 Å². The van der Waals surface area contributed by atoms with Crippen molar-refractivity contribution in [3.63, 3.8) is 0 Å². The Morgan fingerprint density at radius 3 is 2.16 bits per heavy atom. The zero-order chi connectivity index (χ0) is 14.0. The van der Waals surface area contributed by atoms with Gasteiger partial charge in [0.1, 0.15) is 0 Å². The molecule has 0 saturated carbocycles. The molecule has 3 aromatic rings. The summed E-state index contributed by atoms with van der Waals surface area (Å²) in [5.74, 6) is 0. The number of fused-ring (bicyclic) bond motifs is 3. The largest absolute Gasteiger partial charge is 0.399 e. The van der Waals surface area contributed by atoms with Gasteiger partial charge in [0.25, 0.3) is 10.2 Å². The number of nitrogen functional groups attached to an aromatic ring is 1. The van der Waals surface area contributed by atoms with E-state index in [1.54, 1.807) is 0 Å². The SMILES string of the molecule is NS(N)(=O)=O.Nc1ccc2c(c1)[nH]c1ccccc12. The van der Waals surface area contributed by atoms with E-state index < -0.39 is 10.2 Å². The summed E-state index contributed by atoms with van der Waals surface area (Å²) < 4.78 is 18.4. The van der Waals surface area contributed by atoms with Crippen LogP contribution in [0.4, 0.5) is 5.69 Å². The molecule has 100 valence electrons. The van der Waals surface area contributed by atoms with E-state index in [0.717, 1.165) is 16.7 Å². The Bertz CT molecular complexity index is 816. The molecule has 3 rings (SSSR count). The van der Waals surface area contributed by atoms with Crippen molar-refractivity contribution < 1.29 is 8.42 Å². The van der Waals surface area contributed by atoms with Gasteiger partial charge in [0, 0.05) is 27.5 Å². The minimum atomic E-state index is -3.67. The summed E-state index contributed by atoms with van der Waals surface area (Å²) >= 11 is 0. The highest BCUT2D eigenvalue weighted by Gasteiger charge is 2.02. The van der Waals surface area contributed by atoms with Crippen LogP contribution < -0.4 is 16.0 Å². The second-order valence-corrected chi connectivity index (χ2v) is 5.24. The standard InChI is InChI=1S/C12H10N2.H4N2O2S/c13-8-5-6-10-9-3-1-2-4-11(9)14-12(10)7-8;1-5(2,3)4/h1-7,14H,13H2;(H4,1,2,3,4). The number of nitrogens with one attached hydrogen (secondary N) is 1. The molecule has 7 heteroatoms. The van der Waals surface area contributed by atoms with Crippen molar-refractivity contribution in [3.05, 3.63) is 42.5 Å².